The second kappa shape index (κ2) is 12.4. The van der Waals surface area contributed by atoms with Crippen molar-refractivity contribution in [1.29, 1.82) is 0 Å². The number of benzene rings is 1. The molecule has 238 valence electrons. The van der Waals surface area contributed by atoms with E-state index in [0.29, 0.717) is 5.69 Å². The Morgan fingerprint density at radius 3 is 2.18 bits per heavy atom. The van der Waals surface area contributed by atoms with Gasteiger partial charge in [-0.25, -0.2) is 14.4 Å². The maximum Gasteiger partial charge on any atom is 0.413 e. The van der Waals surface area contributed by atoms with Crippen molar-refractivity contribution in [2.24, 2.45) is 5.41 Å². The zero-order valence-electron chi connectivity index (χ0n) is 26.5. The molecule has 44 heavy (non-hydrogen) atoms. The lowest BCUT2D eigenvalue weighted by molar-refractivity contribution is -0.144. The normalized spacial score (nSPS) is 20.8. The molecule has 0 aliphatic carbocycles. The third kappa shape index (κ3) is 7.09. The van der Waals surface area contributed by atoms with E-state index in [9.17, 15) is 24.0 Å². The van der Waals surface area contributed by atoms with Crippen LogP contribution in [0, 0.1) is 5.41 Å². The SMILES string of the molecule is CC(C)(C)OC(=O)N1[C@H](C(C)(C)C)OC[C@@]1(C)C(=O)N1CCN(C(=O)Nc2ccn(-c3ccc(CC=O)cc3)c(=O)n2)CC1. The van der Waals surface area contributed by atoms with Gasteiger partial charge in [0.05, 0.1) is 12.3 Å². The van der Waals surface area contributed by atoms with Gasteiger partial charge in [0, 0.05) is 44.2 Å². The molecule has 0 spiro atoms. The van der Waals surface area contributed by atoms with Crippen LogP contribution in [-0.2, 0) is 25.5 Å². The maximum absolute atomic E-state index is 13.9. The van der Waals surface area contributed by atoms with Crippen LogP contribution in [0.15, 0.2) is 41.3 Å². The number of carbonyl (C=O) groups excluding carboxylic acids is 4. The molecule has 2 fully saturated rings. The summed E-state index contributed by atoms with van der Waals surface area (Å²) in [5.41, 5.74) is -1.67. The monoisotopic (exact) mass is 610 g/mol. The van der Waals surface area contributed by atoms with Crippen molar-refractivity contribution >= 4 is 30.1 Å². The zero-order chi connectivity index (χ0) is 32.4. The molecule has 1 aromatic carbocycles. The Hall–Kier alpha value is -4.26. The van der Waals surface area contributed by atoms with Crippen LogP contribution in [0.5, 0.6) is 0 Å². The summed E-state index contributed by atoms with van der Waals surface area (Å²) in [6, 6.07) is 8.03. The Labute approximate surface area is 257 Å². The van der Waals surface area contributed by atoms with Crippen LogP contribution in [0.1, 0.15) is 54.0 Å². The third-order valence-electron chi connectivity index (χ3n) is 7.51. The Bertz CT molecular complexity index is 1450. The van der Waals surface area contributed by atoms with E-state index in [-0.39, 0.29) is 50.9 Å². The topological polar surface area (TPSA) is 143 Å². The summed E-state index contributed by atoms with van der Waals surface area (Å²) in [6.45, 7) is 13.8. The number of amides is 4. The zero-order valence-corrected chi connectivity index (χ0v) is 26.5. The van der Waals surface area contributed by atoms with E-state index in [1.54, 1.807) is 61.8 Å². The van der Waals surface area contributed by atoms with Crippen molar-refractivity contribution in [2.75, 3.05) is 38.1 Å². The minimum absolute atomic E-state index is 0.0216. The highest BCUT2D eigenvalue weighted by Gasteiger charge is 2.57. The average molecular weight is 611 g/mol. The Morgan fingerprint density at radius 1 is 1.02 bits per heavy atom. The molecular weight excluding hydrogens is 568 g/mol. The van der Waals surface area contributed by atoms with Gasteiger partial charge in [0.1, 0.15) is 29.5 Å². The molecule has 4 amide bonds. The predicted molar refractivity (Wildman–Crippen MR) is 162 cm³/mol. The number of hydrogen-bond acceptors (Lipinski definition) is 8. The average Bonchev–Trinajstić information content (AvgIpc) is 3.32. The molecule has 3 heterocycles. The van der Waals surface area contributed by atoms with E-state index in [1.807, 2.05) is 20.8 Å². The second-order valence-corrected chi connectivity index (χ2v) is 13.4. The number of carbonyl (C=O) groups is 4. The molecule has 0 saturated carbocycles. The summed E-state index contributed by atoms with van der Waals surface area (Å²) in [7, 11) is 0. The number of hydrogen-bond donors (Lipinski definition) is 1. The van der Waals surface area contributed by atoms with Crippen molar-refractivity contribution in [3.05, 3.63) is 52.6 Å². The number of urea groups is 1. The number of piperazine rings is 1. The molecular formula is C31H42N6O7. The van der Waals surface area contributed by atoms with Crippen LogP contribution >= 0.6 is 0 Å². The number of aromatic nitrogens is 2. The number of anilines is 1. The number of ether oxygens (including phenoxy) is 2. The number of rotatable bonds is 5. The summed E-state index contributed by atoms with van der Waals surface area (Å²) in [5.74, 6) is -0.177. The highest BCUT2D eigenvalue weighted by molar-refractivity contribution is 5.91. The largest absolute Gasteiger partial charge is 0.444 e. The molecule has 13 nitrogen and oxygen atoms in total. The lowest BCUT2D eigenvalue weighted by Gasteiger charge is -2.43. The van der Waals surface area contributed by atoms with Gasteiger partial charge in [0.25, 0.3) is 5.91 Å². The first kappa shape index (κ1) is 32.6. The Kier molecular flexibility index (Phi) is 9.19. The summed E-state index contributed by atoms with van der Waals surface area (Å²) in [6.07, 6.45) is 1.33. The molecule has 2 aromatic rings. The summed E-state index contributed by atoms with van der Waals surface area (Å²) in [5, 5.41) is 2.66. The van der Waals surface area contributed by atoms with Crippen LogP contribution in [-0.4, -0.2) is 98.7 Å². The van der Waals surface area contributed by atoms with E-state index in [2.05, 4.69) is 10.3 Å². The fourth-order valence-corrected chi connectivity index (χ4v) is 5.25. The standard InChI is InChI=1S/C31H42N6O7/c1-29(2,3)25-37(28(42)44-30(4,5)6)31(7,20-43-25)24(39)34-15-17-35(18-16-34)26(40)32-23-12-14-36(27(41)33-23)22-10-8-21(9-11-22)13-19-38/h8-12,14,19,25H,13,15-18,20H2,1-7H3,(H,32,33,40,41)/t25-,31-/m0/s1. The van der Waals surface area contributed by atoms with E-state index in [1.165, 1.54) is 21.7 Å². The molecule has 2 atom stereocenters. The number of nitrogens with one attached hydrogen (secondary N) is 1. The second-order valence-electron chi connectivity index (χ2n) is 13.4. The van der Waals surface area contributed by atoms with Crippen molar-refractivity contribution in [2.45, 2.75) is 72.3 Å². The van der Waals surface area contributed by atoms with Gasteiger partial charge in [-0.1, -0.05) is 32.9 Å². The summed E-state index contributed by atoms with van der Waals surface area (Å²) >= 11 is 0. The minimum atomic E-state index is -1.28. The van der Waals surface area contributed by atoms with Crippen LogP contribution in [0.4, 0.5) is 15.4 Å². The van der Waals surface area contributed by atoms with Crippen LogP contribution in [0.2, 0.25) is 0 Å². The van der Waals surface area contributed by atoms with Crippen LogP contribution in [0.25, 0.3) is 5.69 Å². The van der Waals surface area contributed by atoms with Crippen LogP contribution in [0.3, 0.4) is 0 Å². The molecule has 1 aromatic heterocycles. The molecule has 13 heteroatoms. The van der Waals surface area contributed by atoms with Gasteiger partial charge in [-0.15, -0.1) is 0 Å². The van der Waals surface area contributed by atoms with Crippen LogP contribution < -0.4 is 11.0 Å². The highest BCUT2D eigenvalue weighted by atomic mass is 16.6. The van der Waals surface area contributed by atoms with E-state index in [0.717, 1.165) is 11.8 Å². The van der Waals surface area contributed by atoms with Gasteiger partial charge < -0.3 is 24.1 Å². The first-order chi connectivity index (χ1) is 20.5. The van der Waals surface area contributed by atoms with E-state index >= 15 is 0 Å². The molecule has 2 saturated heterocycles. The molecule has 0 bridgehead atoms. The molecule has 1 N–H and O–H groups in total. The first-order valence-corrected chi connectivity index (χ1v) is 14.7. The Morgan fingerprint density at radius 2 is 1.64 bits per heavy atom. The van der Waals surface area contributed by atoms with Gasteiger partial charge in [0.2, 0.25) is 0 Å². The quantitative estimate of drug-likeness (QED) is 0.509. The smallest absolute Gasteiger partial charge is 0.413 e. The van der Waals surface area contributed by atoms with Gasteiger partial charge in [-0.05, 0) is 51.5 Å². The fraction of sp³-hybridized carbons (Fsp3) is 0.548. The van der Waals surface area contributed by atoms with Crippen molar-refractivity contribution < 1.29 is 28.7 Å². The molecule has 0 unspecified atom stereocenters. The van der Waals surface area contributed by atoms with Gasteiger partial charge >= 0.3 is 17.8 Å². The fourth-order valence-electron chi connectivity index (χ4n) is 5.25. The minimum Gasteiger partial charge on any atom is -0.444 e. The Balaban J connectivity index is 1.39. The number of nitrogens with zero attached hydrogens (tertiary/aromatic N) is 5. The van der Waals surface area contributed by atoms with Gasteiger partial charge in [-0.2, -0.15) is 4.98 Å². The summed E-state index contributed by atoms with van der Waals surface area (Å²) in [4.78, 5) is 72.2. The lowest BCUT2D eigenvalue weighted by Crippen LogP contribution is -2.64. The van der Waals surface area contributed by atoms with Crippen molar-refractivity contribution in [3.8, 4) is 5.69 Å². The lowest BCUT2D eigenvalue weighted by atomic mass is 9.91. The third-order valence-corrected chi connectivity index (χ3v) is 7.51. The van der Waals surface area contributed by atoms with Gasteiger partial charge in [-0.3, -0.25) is 19.6 Å². The molecule has 4 rings (SSSR count). The van der Waals surface area contributed by atoms with Gasteiger partial charge in [0.15, 0.2) is 0 Å². The van der Waals surface area contributed by atoms with Crippen molar-refractivity contribution in [1.82, 2.24) is 24.3 Å². The molecule has 2 aliphatic rings. The van der Waals surface area contributed by atoms with Crippen molar-refractivity contribution in [3.63, 3.8) is 0 Å². The molecule has 0 radical (unpaired) electrons. The molecule has 2 aliphatic heterocycles. The van der Waals surface area contributed by atoms with E-state index < -0.39 is 40.6 Å². The predicted octanol–water partition coefficient (Wildman–Crippen LogP) is 3.05. The summed E-state index contributed by atoms with van der Waals surface area (Å²) < 4.78 is 13.0. The van der Waals surface area contributed by atoms with E-state index in [4.69, 9.17) is 9.47 Å². The number of aldehydes is 1. The maximum atomic E-state index is 13.9. The highest BCUT2D eigenvalue weighted by Crippen LogP contribution is 2.39. The first-order valence-electron chi connectivity index (χ1n) is 14.7.